The van der Waals surface area contributed by atoms with Gasteiger partial charge in [0.1, 0.15) is 12.0 Å². The highest BCUT2D eigenvalue weighted by Gasteiger charge is 2.23. The van der Waals surface area contributed by atoms with Crippen LogP contribution in [0.5, 0.6) is 0 Å². The minimum atomic E-state index is -0.392. The molecule has 0 bridgehead atoms. The number of nitrogens with zero attached hydrogens (tertiary/aromatic N) is 2. The summed E-state index contributed by atoms with van der Waals surface area (Å²) < 4.78 is 0. The van der Waals surface area contributed by atoms with Crippen molar-refractivity contribution in [2.45, 2.75) is 39.0 Å². The number of hydrogen-bond acceptors (Lipinski definition) is 4. The van der Waals surface area contributed by atoms with Crippen molar-refractivity contribution in [2.75, 3.05) is 18.0 Å². The number of benzene rings is 1. The average molecular weight is 290 g/mol. The summed E-state index contributed by atoms with van der Waals surface area (Å²) in [6.07, 6.45) is 6.43. The second kappa shape index (κ2) is 7.20. The molecule has 0 aromatic heterocycles. The van der Waals surface area contributed by atoms with Crippen molar-refractivity contribution in [3.63, 3.8) is 0 Å². The monoisotopic (exact) mass is 290 g/mol. The summed E-state index contributed by atoms with van der Waals surface area (Å²) in [7, 11) is 0. The van der Waals surface area contributed by atoms with Gasteiger partial charge < -0.3 is 4.90 Å². The third-order valence-corrected chi connectivity index (χ3v) is 4.22. The van der Waals surface area contributed by atoms with E-state index in [4.69, 9.17) is 0 Å². The molecule has 0 saturated carbocycles. The predicted octanol–water partition coefficient (Wildman–Crippen LogP) is 3.81. The predicted molar refractivity (Wildman–Crippen MR) is 82.9 cm³/mol. The van der Waals surface area contributed by atoms with Gasteiger partial charge in [0.2, 0.25) is 0 Å². The number of aldehydes is 1. The largest absolute Gasteiger partial charge is 0.366 e. The van der Waals surface area contributed by atoms with Crippen LogP contribution >= 0.6 is 0 Å². The molecule has 0 amide bonds. The highest BCUT2D eigenvalue weighted by molar-refractivity contribution is 5.79. The van der Waals surface area contributed by atoms with Gasteiger partial charge in [0.05, 0.1) is 4.92 Å². The van der Waals surface area contributed by atoms with Crippen LogP contribution in [0.1, 0.15) is 49.4 Å². The van der Waals surface area contributed by atoms with E-state index in [9.17, 15) is 14.9 Å². The molecule has 1 atom stereocenters. The molecule has 1 aromatic carbocycles. The highest BCUT2D eigenvalue weighted by atomic mass is 16.6. The van der Waals surface area contributed by atoms with Gasteiger partial charge in [-0.05, 0) is 37.3 Å². The van der Waals surface area contributed by atoms with Gasteiger partial charge in [-0.25, -0.2) is 0 Å². The van der Waals surface area contributed by atoms with E-state index in [2.05, 4.69) is 11.8 Å². The fourth-order valence-corrected chi connectivity index (χ4v) is 3.13. The van der Waals surface area contributed by atoms with E-state index >= 15 is 0 Å². The van der Waals surface area contributed by atoms with Gasteiger partial charge in [0, 0.05) is 24.7 Å². The quantitative estimate of drug-likeness (QED) is 0.470. The van der Waals surface area contributed by atoms with Gasteiger partial charge in [-0.2, -0.15) is 0 Å². The molecule has 0 radical (unpaired) electrons. The normalized spacial score (nSPS) is 19.1. The fraction of sp³-hybridized carbons (Fsp3) is 0.562. The third-order valence-electron chi connectivity index (χ3n) is 4.22. The lowest BCUT2D eigenvalue weighted by atomic mass is 9.96. The van der Waals surface area contributed by atoms with Gasteiger partial charge in [0.15, 0.2) is 0 Å². The molecule has 1 unspecified atom stereocenters. The topological polar surface area (TPSA) is 63.5 Å². The lowest BCUT2D eigenvalue weighted by Crippen LogP contribution is -2.25. The first kappa shape index (κ1) is 15.5. The Morgan fingerprint density at radius 2 is 2.19 bits per heavy atom. The number of rotatable bonds is 5. The zero-order valence-electron chi connectivity index (χ0n) is 12.5. The third kappa shape index (κ3) is 3.80. The van der Waals surface area contributed by atoms with Crippen LogP contribution in [-0.4, -0.2) is 24.3 Å². The number of hydrogen-bond donors (Lipinski definition) is 0. The summed E-state index contributed by atoms with van der Waals surface area (Å²) in [6.45, 7) is 3.90. The van der Waals surface area contributed by atoms with Crippen LogP contribution in [0, 0.1) is 16.0 Å². The number of nitro benzene ring substituents is 1. The Balaban J connectivity index is 2.21. The molecule has 21 heavy (non-hydrogen) atoms. The van der Waals surface area contributed by atoms with E-state index in [0.29, 0.717) is 17.5 Å². The van der Waals surface area contributed by atoms with Crippen molar-refractivity contribution in [3.8, 4) is 0 Å². The van der Waals surface area contributed by atoms with E-state index in [-0.39, 0.29) is 5.69 Å². The molecule has 114 valence electrons. The molecule has 0 aliphatic carbocycles. The smallest absolute Gasteiger partial charge is 0.293 e. The van der Waals surface area contributed by atoms with Crippen LogP contribution in [0.3, 0.4) is 0 Å². The number of nitro groups is 1. The lowest BCUT2D eigenvalue weighted by molar-refractivity contribution is -0.384. The number of carbonyl (C=O) groups excluding carboxylic acids is 1. The van der Waals surface area contributed by atoms with Crippen LogP contribution < -0.4 is 4.90 Å². The molecule has 5 heteroatoms. The van der Waals surface area contributed by atoms with E-state index in [1.807, 2.05) is 0 Å². The Labute approximate surface area is 125 Å². The van der Waals surface area contributed by atoms with Gasteiger partial charge in [-0.1, -0.05) is 19.8 Å². The first-order chi connectivity index (χ1) is 10.2. The standard InChI is InChI=1S/C16H22N2O3/c1-2-4-13-5-3-9-17(10-8-13)15-7-6-14(12-19)11-16(15)18(20)21/h6-7,11-13H,2-5,8-10H2,1H3. The molecule has 0 spiro atoms. The summed E-state index contributed by atoms with van der Waals surface area (Å²) in [5.74, 6) is 0.730. The van der Waals surface area contributed by atoms with Gasteiger partial charge in [-0.15, -0.1) is 0 Å². The van der Waals surface area contributed by atoms with Gasteiger partial charge >= 0.3 is 0 Å². The first-order valence-electron chi connectivity index (χ1n) is 7.64. The maximum atomic E-state index is 11.2. The molecule has 0 N–H and O–H groups in total. The molecule has 5 nitrogen and oxygen atoms in total. The van der Waals surface area contributed by atoms with Crippen molar-refractivity contribution in [3.05, 3.63) is 33.9 Å². The lowest BCUT2D eigenvalue weighted by Gasteiger charge is -2.22. The maximum absolute atomic E-state index is 11.2. The van der Waals surface area contributed by atoms with Crippen molar-refractivity contribution in [1.82, 2.24) is 0 Å². The van der Waals surface area contributed by atoms with Gasteiger partial charge in [-0.3, -0.25) is 14.9 Å². The zero-order chi connectivity index (χ0) is 15.2. The summed E-state index contributed by atoms with van der Waals surface area (Å²) in [5, 5.41) is 11.2. The molecule has 1 saturated heterocycles. The van der Waals surface area contributed by atoms with Crippen molar-refractivity contribution in [1.29, 1.82) is 0 Å². The minimum Gasteiger partial charge on any atom is -0.366 e. The number of carbonyl (C=O) groups is 1. The Bertz CT molecular complexity index is 516. The Kier molecular flexibility index (Phi) is 5.31. The van der Waals surface area contributed by atoms with Crippen molar-refractivity contribution >= 4 is 17.7 Å². The summed E-state index contributed by atoms with van der Waals surface area (Å²) in [6, 6.07) is 4.74. The van der Waals surface area contributed by atoms with Crippen molar-refractivity contribution < 1.29 is 9.72 Å². The molecule has 1 heterocycles. The molecular formula is C16H22N2O3. The van der Waals surface area contributed by atoms with E-state index < -0.39 is 4.92 Å². The van der Waals surface area contributed by atoms with E-state index in [1.165, 1.54) is 25.3 Å². The van der Waals surface area contributed by atoms with Gasteiger partial charge in [0.25, 0.3) is 5.69 Å². The Hall–Kier alpha value is -1.91. The second-order valence-electron chi connectivity index (χ2n) is 5.70. The molecule has 1 aliphatic heterocycles. The van der Waals surface area contributed by atoms with Crippen molar-refractivity contribution in [2.24, 2.45) is 5.92 Å². The molecular weight excluding hydrogens is 268 g/mol. The summed E-state index contributed by atoms with van der Waals surface area (Å²) in [5.41, 5.74) is 1.03. The van der Waals surface area contributed by atoms with Crippen LogP contribution in [-0.2, 0) is 0 Å². The SMILES string of the molecule is CCCC1CCCN(c2ccc(C=O)cc2[N+](=O)[O-])CC1. The second-order valence-corrected chi connectivity index (χ2v) is 5.70. The summed E-state index contributed by atoms with van der Waals surface area (Å²) >= 11 is 0. The fourth-order valence-electron chi connectivity index (χ4n) is 3.13. The van der Waals surface area contributed by atoms with Crippen LogP contribution in [0.2, 0.25) is 0 Å². The Morgan fingerprint density at radius 1 is 1.38 bits per heavy atom. The number of anilines is 1. The van der Waals surface area contributed by atoms with Crippen LogP contribution in [0.15, 0.2) is 18.2 Å². The highest BCUT2D eigenvalue weighted by Crippen LogP contribution is 2.32. The van der Waals surface area contributed by atoms with Crippen LogP contribution in [0.4, 0.5) is 11.4 Å². The first-order valence-corrected chi connectivity index (χ1v) is 7.64. The van der Waals surface area contributed by atoms with E-state index in [1.54, 1.807) is 12.1 Å². The van der Waals surface area contributed by atoms with E-state index in [0.717, 1.165) is 31.8 Å². The summed E-state index contributed by atoms with van der Waals surface area (Å²) in [4.78, 5) is 23.8. The Morgan fingerprint density at radius 3 is 2.86 bits per heavy atom. The van der Waals surface area contributed by atoms with Crippen LogP contribution in [0.25, 0.3) is 0 Å². The maximum Gasteiger partial charge on any atom is 0.293 e. The molecule has 2 rings (SSSR count). The average Bonchev–Trinajstić information content (AvgIpc) is 2.72. The molecule has 1 aliphatic rings. The zero-order valence-corrected chi connectivity index (χ0v) is 12.5. The molecule has 1 aromatic rings. The molecule has 1 fully saturated rings. The minimum absolute atomic E-state index is 0.0357.